The van der Waals surface area contributed by atoms with Crippen LogP contribution in [0.4, 0.5) is 5.13 Å². The number of carbonyl (C=O) groups excluding carboxylic acids is 1. The Balaban J connectivity index is 1.60. The molecule has 0 aliphatic carbocycles. The summed E-state index contributed by atoms with van der Waals surface area (Å²) in [4.78, 5) is 16.2. The smallest absolute Gasteiger partial charge is 0.264 e. The summed E-state index contributed by atoms with van der Waals surface area (Å²) in [5.41, 5.74) is 1.45. The second kappa shape index (κ2) is 7.31. The van der Waals surface area contributed by atoms with Gasteiger partial charge in [0, 0.05) is 10.9 Å². The number of aromatic nitrogens is 1. The lowest BCUT2D eigenvalue weighted by Gasteiger charge is -2.05. The Labute approximate surface area is 150 Å². The van der Waals surface area contributed by atoms with Crippen LogP contribution in [0, 0.1) is 0 Å². The van der Waals surface area contributed by atoms with E-state index in [4.69, 9.17) is 27.9 Å². The van der Waals surface area contributed by atoms with Gasteiger partial charge in [0.2, 0.25) is 0 Å². The Bertz CT molecular complexity index is 818. The van der Waals surface area contributed by atoms with E-state index >= 15 is 0 Å². The molecule has 0 saturated carbocycles. The SMILES string of the molecule is O=C(COc1ccccc1)Nc1nc(-c2cc(Cl)sc2Cl)cs1. The zero-order valence-electron chi connectivity index (χ0n) is 11.6. The molecule has 118 valence electrons. The number of anilines is 1. The molecule has 0 radical (unpaired) electrons. The maximum absolute atomic E-state index is 11.9. The van der Waals surface area contributed by atoms with Gasteiger partial charge in [-0.05, 0) is 18.2 Å². The minimum Gasteiger partial charge on any atom is -0.484 e. The van der Waals surface area contributed by atoms with Gasteiger partial charge in [-0.15, -0.1) is 22.7 Å². The Morgan fingerprint density at radius 1 is 1.26 bits per heavy atom. The summed E-state index contributed by atoms with van der Waals surface area (Å²) in [5, 5.41) is 5.00. The largest absolute Gasteiger partial charge is 0.484 e. The molecule has 0 atom stereocenters. The molecule has 2 heterocycles. The van der Waals surface area contributed by atoms with Crippen molar-refractivity contribution in [3.05, 3.63) is 50.5 Å². The summed E-state index contributed by atoms with van der Waals surface area (Å²) in [7, 11) is 0. The first kappa shape index (κ1) is 16.3. The molecule has 8 heteroatoms. The van der Waals surface area contributed by atoms with Crippen molar-refractivity contribution in [2.75, 3.05) is 11.9 Å². The van der Waals surface area contributed by atoms with E-state index in [0.717, 1.165) is 5.56 Å². The zero-order valence-corrected chi connectivity index (χ0v) is 14.7. The molecule has 0 saturated heterocycles. The van der Waals surface area contributed by atoms with Gasteiger partial charge in [-0.3, -0.25) is 10.1 Å². The summed E-state index contributed by atoms with van der Waals surface area (Å²) in [5.74, 6) is 0.367. The molecule has 2 aromatic heterocycles. The fourth-order valence-corrected chi connectivity index (χ4v) is 4.00. The topological polar surface area (TPSA) is 51.2 Å². The molecular weight excluding hydrogens is 375 g/mol. The van der Waals surface area contributed by atoms with Crippen LogP contribution in [-0.2, 0) is 4.79 Å². The van der Waals surface area contributed by atoms with Crippen LogP contribution < -0.4 is 10.1 Å². The van der Waals surface area contributed by atoms with Gasteiger partial charge in [-0.1, -0.05) is 41.4 Å². The molecule has 3 aromatic rings. The highest BCUT2D eigenvalue weighted by Crippen LogP contribution is 2.38. The van der Waals surface area contributed by atoms with E-state index in [2.05, 4.69) is 10.3 Å². The first-order valence-corrected chi connectivity index (χ1v) is 8.95. The zero-order chi connectivity index (χ0) is 16.2. The molecule has 1 N–H and O–H groups in total. The molecule has 23 heavy (non-hydrogen) atoms. The Hall–Kier alpha value is -1.60. The number of nitrogens with one attached hydrogen (secondary N) is 1. The number of nitrogens with zero attached hydrogens (tertiary/aromatic N) is 1. The highest BCUT2D eigenvalue weighted by molar-refractivity contribution is 7.20. The maximum Gasteiger partial charge on any atom is 0.264 e. The first-order valence-electron chi connectivity index (χ1n) is 6.50. The number of thiazole rings is 1. The van der Waals surface area contributed by atoms with Crippen molar-refractivity contribution in [2.45, 2.75) is 0 Å². The molecule has 1 aromatic carbocycles. The second-order valence-electron chi connectivity index (χ2n) is 4.43. The van der Waals surface area contributed by atoms with E-state index in [-0.39, 0.29) is 12.5 Å². The Kier molecular flexibility index (Phi) is 5.17. The Morgan fingerprint density at radius 2 is 2.04 bits per heavy atom. The van der Waals surface area contributed by atoms with Crippen LogP contribution in [0.1, 0.15) is 0 Å². The number of thiophene rings is 1. The molecule has 0 spiro atoms. The highest BCUT2D eigenvalue weighted by atomic mass is 35.5. The number of hydrogen-bond donors (Lipinski definition) is 1. The number of halogens is 2. The van der Waals surface area contributed by atoms with Crippen molar-refractivity contribution >= 4 is 56.9 Å². The minimum atomic E-state index is -0.274. The van der Waals surface area contributed by atoms with Crippen molar-refractivity contribution in [2.24, 2.45) is 0 Å². The average molecular weight is 385 g/mol. The van der Waals surface area contributed by atoms with Crippen LogP contribution >= 0.6 is 45.9 Å². The molecule has 4 nitrogen and oxygen atoms in total. The normalized spacial score (nSPS) is 10.5. The predicted octanol–water partition coefficient (Wildman–Crippen LogP) is 5.20. The highest BCUT2D eigenvalue weighted by Gasteiger charge is 2.13. The third kappa shape index (κ3) is 4.23. The number of carbonyl (C=O) groups is 1. The molecular formula is C15H10Cl2N2O2S2. The summed E-state index contributed by atoms with van der Waals surface area (Å²) < 4.78 is 6.55. The van der Waals surface area contributed by atoms with Gasteiger partial charge in [-0.2, -0.15) is 0 Å². The van der Waals surface area contributed by atoms with Crippen LogP contribution in [0.15, 0.2) is 41.8 Å². The van der Waals surface area contributed by atoms with Gasteiger partial charge in [-0.25, -0.2) is 4.98 Å². The van der Waals surface area contributed by atoms with Gasteiger partial charge >= 0.3 is 0 Å². The quantitative estimate of drug-likeness (QED) is 0.657. The van der Waals surface area contributed by atoms with Crippen LogP contribution in [-0.4, -0.2) is 17.5 Å². The van der Waals surface area contributed by atoms with E-state index in [1.165, 1.54) is 22.7 Å². The maximum atomic E-state index is 11.9. The van der Waals surface area contributed by atoms with Gasteiger partial charge in [0.05, 0.1) is 10.0 Å². The van der Waals surface area contributed by atoms with Gasteiger partial charge in [0.15, 0.2) is 11.7 Å². The number of para-hydroxylation sites is 1. The Morgan fingerprint density at radius 3 is 2.74 bits per heavy atom. The lowest BCUT2D eigenvalue weighted by molar-refractivity contribution is -0.118. The molecule has 0 bridgehead atoms. The standard InChI is InChI=1S/C15H10Cl2N2O2S2/c16-12-6-10(14(17)23-12)11-8-22-15(18-11)19-13(20)7-21-9-4-2-1-3-5-9/h1-6,8H,7H2,(H,18,19,20). The van der Waals surface area contributed by atoms with Gasteiger partial charge in [0.25, 0.3) is 5.91 Å². The monoisotopic (exact) mass is 384 g/mol. The minimum absolute atomic E-state index is 0.0794. The van der Waals surface area contributed by atoms with Crippen molar-refractivity contribution in [1.82, 2.24) is 4.98 Å². The number of ether oxygens (including phenoxy) is 1. The molecule has 1 amide bonds. The van der Waals surface area contributed by atoms with Crippen molar-refractivity contribution in [3.8, 4) is 17.0 Å². The number of rotatable bonds is 5. The lowest BCUT2D eigenvalue weighted by Crippen LogP contribution is -2.19. The summed E-state index contributed by atoms with van der Waals surface area (Å²) in [6.45, 7) is -0.0794. The van der Waals surface area contributed by atoms with Crippen molar-refractivity contribution in [1.29, 1.82) is 0 Å². The fourth-order valence-electron chi connectivity index (χ4n) is 1.79. The summed E-state index contributed by atoms with van der Waals surface area (Å²) in [6, 6.07) is 10.9. The van der Waals surface area contributed by atoms with Crippen LogP contribution in [0.25, 0.3) is 11.3 Å². The lowest BCUT2D eigenvalue weighted by atomic mass is 10.3. The second-order valence-corrected chi connectivity index (χ2v) is 7.57. The van der Waals surface area contributed by atoms with Gasteiger partial charge < -0.3 is 4.74 Å². The van der Waals surface area contributed by atoms with E-state index in [9.17, 15) is 4.79 Å². The van der Waals surface area contributed by atoms with Gasteiger partial charge in [0.1, 0.15) is 10.1 Å². The molecule has 3 rings (SSSR count). The van der Waals surface area contributed by atoms with Crippen molar-refractivity contribution < 1.29 is 9.53 Å². The number of hydrogen-bond acceptors (Lipinski definition) is 5. The molecule has 0 unspecified atom stereocenters. The van der Waals surface area contributed by atoms with Crippen molar-refractivity contribution in [3.63, 3.8) is 0 Å². The first-order chi connectivity index (χ1) is 11.1. The third-order valence-electron chi connectivity index (χ3n) is 2.80. The molecule has 0 aliphatic heterocycles. The predicted molar refractivity (Wildman–Crippen MR) is 96.0 cm³/mol. The molecule has 0 fully saturated rings. The van der Waals surface area contributed by atoms with E-state index in [1.807, 2.05) is 23.6 Å². The summed E-state index contributed by atoms with van der Waals surface area (Å²) in [6.07, 6.45) is 0. The van der Waals surface area contributed by atoms with E-state index in [0.29, 0.717) is 25.2 Å². The van der Waals surface area contributed by atoms with Crippen LogP contribution in [0.2, 0.25) is 8.67 Å². The van der Waals surface area contributed by atoms with E-state index in [1.54, 1.807) is 18.2 Å². The molecule has 0 aliphatic rings. The third-order valence-corrected chi connectivity index (χ3v) is 5.04. The average Bonchev–Trinajstić information content (AvgIpc) is 3.12. The summed E-state index contributed by atoms with van der Waals surface area (Å²) >= 11 is 14.6. The fraction of sp³-hybridized carbons (Fsp3) is 0.0667. The number of amides is 1. The number of benzene rings is 1. The van der Waals surface area contributed by atoms with Crippen LogP contribution in [0.5, 0.6) is 5.75 Å². The van der Waals surface area contributed by atoms with Crippen LogP contribution in [0.3, 0.4) is 0 Å². The van der Waals surface area contributed by atoms with E-state index < -0.39 is 0 Å².